The molecule has 0 unspecified atom stereocenters. The molecular formula is C19H19FN6O. The van der Waals surface area contributed by atoms with Crippen LogP contribution in [0.5, 0.6) is 0 Å². The van der Waals surface area contributed by atoms with Crippen LogP contribution in [0, 0.1) is 12.7 Å². The zero-order valence-corrected chi connectivity index (χ0v) is 15.0. The van der Waals surface area contributed by atoms with Gasteiger partial charge in [0.1, 0.15) is 17.5 Å². The highest BCUT2D eigenvalue weighted by molar-refractivity contribution is 6.04. The molecule has 0 bridgehead atoms. The number of benzene rings is 1. The second-order valence-electron chi connectivity index (χ2n) is 5.73. The molecule has 0 saturated carbocycles. The molecule has 0 spiro atoms. The maximum atomic E-state index is 13.6. The smallest absolute Gasteiger partial charge is 0.258 e. The maximum absolute atomic E-state index is 13.6. The number of aryl methyl sites for hydroxylation is 1. The Morgan fingerprint density at radius 2 is 1.78 bits per heavy atom. The Labute approximate surface area is 156 Å². The van der Waals surface area contributed by atoms with Crippen molar-refractivity contribution in [3.8, 4) is 0 Å². The number of rotatable bonds is 6. The Balaban J connectivity index is 1.69. The first kappa shape index (κ1) is 18.2. The van der Waals surface area contributed by atoms with E-state index in [4.69, 9.17) is 0 Å². The van der Waals surface area contributed by atoms with Crippen LogP contribution < -0.4 is 16.0 Å². The largest absolute Gasteiger partial charge is 0.370 e. The Morgan fingerprint density at radius 3 is 2.48 bits per heavy atom. The summed E-state index contributed by atoms with van der Waals surface area (Å²) in [5, 5.41) is 9.00. The van der Waals surface area contributed by atoms with Crippen LogP contribution in [0.3, 0.4) is 0 Å². The summed E-state index contributed by atoms with van der Waals surface area (Å²) in [7, 11) is 0. The Kier molecular flexibility index (Phi) is 5.55. The molecule has 1 aromatic carbocycles. The van der Waals surface area contributed by atoms with Crippen molar-refractivity contribution in [3.63, 3.8) is 0 Å². The van der Waals surface area contributed by atoms with Crippen molar-refractivity contribution in [3.05, 3.63) is 66.0 Å². The lowest BCUT2D eigenvalue weighted by Crippen LogP contribution is -2.13. The number of hydrogen-bond acceptors (Lipinski definition) is 6. The average molecular weight is 366 g/mol. The van der Waals surface area contributed by atoms with E-state index < -0.39 is 11.7 Å². The van der Waals surface area contributed by atoms with E-state index in [2.05, 4.69) is 30.9 Å². The summed E-state index contributed by atoms with van der Waals surface area (Å²) in [6.45, 7) is 4.58. The number of amides is 1. The van der Waals surface area contributed by atoms with Crippen LogP contribution in [-0.2, 0) is 0 Å². The van der Waals surface area contributed by atoms with E-state index in [1.807, 2.05) is 19.9 Å². The maximum Gasteiger partial charge on any atom is 0.258 e. The van der Waals surface area contributed by atoms with Crippen LogP contribution in [0.25, 0.3) is 0 Å². The van der Waals surface area contributed by atoms with Gasteiger partial charge in [-0.2, -0.15) is 0 Å². The first-order chi connectivity index (χ1) is 13.0. The number of carbonyl (C=O) groups is 1. The predicted molar refractivity (Wildman–Crippen MR) is 103 cm³/mol. The summed E-state index contributed by atoms with van der Waals surface area (Å²) >= 11 is 0. The second-order valence-corrected chi connectivity index (χ2v) is 5.73. The molecule has 0 radical (unpaired) electrons. The third-order valence-corrected chi connectivity index (χ3v) is 3.63. The molecule has 0 saturated heterocycles. The molecule has 3 aromatic rings. The fourth-order valence-corrected chi connectivity index (χ4v) is 2.45. The minimum atomic E-state index is -0.663. The van der Waals surface area contributed by atoms with Crippen molar-refractivity contribution in [2.24, 2.45) is 0 Å². The minimum absolute atomic E-state index is 0.0559. The summed E-state index contributed by atoms with van der Waals surface area (Å²) in [6, 6.07) is 10.2. The van der Waals surface area contributed by atoms with E-state index >= 15 is 0 Å². The van der Waals surface area contributed by atoms with Crippen LogP contribution in [-0.4, -0.2) is 27.4 Å². The second kappa shape index (κ2) is 8.22. The van der Waals surface area contributed by atoms with Crippen molar-refractivity contribution in [1.82, 2.24) is 15.0 Å². The van der Waals surface area contributed by atoms with Gasteiger partial charge in [0.15, 0.2) is 5.82 Å². The molecule has 0 fully saturated rings. The number of anilines is 4. The number of aromatic nitrogens is 3. The summed E-state index contributed by atoms with van der Waals surface area (Å²) < 4.78 is 13.6. The highest BCUT2D eigenvalue weighted by Gasteiger charge is 2.11. The highest BCUT2D eigenvalue weighted by Crippen LogP contribution is 2.20. The summed E-state index contributed by atoms with van der Waals surface area (Å²) in [5.41, 5.74) is 1.29. The predicted octanol–water partition coefficient (Wildman–Crippen LogP) is 3.75. The molecule has 3 N–H and O–H groups in total. The summed E-state index contributed by atoms with van der Waals surface area (Å²) in [5.74, 6) is 0.866. The fraction of sp³-hybridized carbons (Fsp3) is 0.158. The third-order valence-electron chi connectivity index (χ3n) is 3.63. The molecule has 0 atom stereocenters. The van der Waals surface area contributed by atoms with Crippen molar-refractivity contribution in [2.45, 2.75) is 13.8 Å². The van der Waals surface area contributed by atoms with Crippen LogP contribution in [0.1, 0.15) is 23.1 Å². The van der Waals surface area contributed by atoms with E-state index in [9.17, 15) is 9.18 Å². The van der Waals surface area contributed by atoms with Crippen LogP contribution in [0.15, 0.2) is 48.8 Å². The molecular weight excluding hydrogens is 347 g/mol. The summed E-state index contributed by atoms with van der Waals surface area (Å²) in [4.78, 5) is 24.4. The van der Waals surface area contributed by atoms with Gasteiger partial charge in [-0.15, -0.1) is 0 Å². The highest BCUT2D eigenvalue weighted by atomic mass is 19.1. The Morgan fingerprint density at radius 1 is 1.07 bits per heavy atom. The van der Waals surface area contributed by atoms with Gasteiger partial charge in [-0.25, -0.2) is 14.4 Å². The molecule has 138 valence electrons. The molecule has 2 heterocycles. The lowest BCUT2D eigenvalue weighted by Gasteiger charge is -2.10. The van der Waals surface area contributed by atoms with Gasteiger partial charge in [0, 0.05) is 30.2 Å². The van der Waals surface area contributed by atoms with E-state index in [1.54, 1.807) is 24.3 Å². The number of nitrogens with one attached hydrogen (secondary N) is 3. The van der Waals surface area contributed by atoms with Gasteiger partial charge in [0.2, 0.25) is 0 Å². The first-order valence-electron chi connectivity index (χ1n) is 8.42. The van der Waals surface area contributed by atoms with Crippen molar-refractivity contribution >= 4 is 28.9 Å². The monoisotopic (exact) mass is 366 g/mol. The molecule has 0 aliphatic heterocycles. The van der Waals surface area contributed by atoms with Crippen molar-refractivity contribution < 1.29 is 9.18 Å². The first-order valence-corrected chi connectivity index (χ1v) is 8.42. The normalized spacial score (nSPS) is 10.3. The van der Waals surface area contributed by atoms with Crippen molar-refractivity contribution in [1.29, 1.82) is 0 Å². The van der Waals surface area contributed by atoms with Gasteiger partial charge < -0.3 is 16.0 Å². The number of hydrogen-bond donors (Lipinski definition) is 3. The molecule has 0 aliphatic rings. The van der Waals surface area contributed by atoms with Gasteiger partial charge in [-0.1, -0.05) is 0 Å². The number of pyridine rings is 1. The van der Waals surface area contributed by atoms with Gasteiger partial charge in [0.25, 0.3) is 5.91 Å². The van der Waals surface area contributed by atoms with E-state index in [0.717, 1.165) is 24.2 Å². The fourth-order valence-electron chi connectivity index (χ4n) is 2.45. The standard InChI is InChI=1S/C19H19FN6O/c1-3-22-17-10-18(24-12(2)23-17)25-13-4-6-14(7-5-13)26-19(27)15-8-9-21-11-16(15)20/h4-11H,3H2,1-2H3,(H,26,27)(H2,22,23,24,25). The molecule has 0 aliphatic carbocycles. The zero-order valence-electron chi connectivity index (χ0n) is 15.0. The lowest BCUT2D eigenvalue weighted by atomic mass is 10.2. The Bertz CT molecular complexity index is 945. The van der Waals surface area contributed by atoms with Crippen LogP contribution >= 0.6 is 0 Å². The molecule has 2 aromatic heterocycles. The Hall–Kier alpha value is -3.55. The van der Waals surface area contributed by atoms with E-state index in [1.165, 1.54) is 12.3 Å². The van der Waals surface area contributed by atoms with Crippen LogP contribution in [0.4, 0.5) is 27.4 Å². The molecule has 8 heteroatoms. The van der Waals surface area contributed by atoms with E-state index in [-0.39, 0.29) is 5.56 Å². The molecule has 1 amide bonds. The van der Waals surface area contributed by atoms with Crippen molar-refractivity contribution in [2.75, 3.05) is 22.5 Å². The van der Waals surface area contributed by atoms with Gasteiger partial charge in [-0.05, 0) is 44.2 Å². The van der Waals surface area contributed by atoms with Gasteiger partial charge in [-0.3, -0.25) is 9.78 Å². The lowest BCUT2D eigenvalue weighted by molar-refractivity contribution is 0.102. The van der Waals surface area contributed by atoms with Crippen LogP contribution in [0.2, 0.25) is 0 Å². The number of nitrogens with zero attached hydrogens (tertiary/aromatic N) is 3. The average Bonchev–Trinajstić information content (AvgIpc) is 2.63. The quantitative estimate of drug-likeness (QED) is 0.615. The molecule has 3 rings (SSSR count). The zero-order chi connectivity index (χ0) is 19.2. The third kappa shape index (κ3) is 4.75. The topological polar surface area (TPSA) is 91.8 Å². The summed E-state index contributed by atoms with van der Waals surface area (Å²) in [6.07, 6.45) is 2.38. The molecule has 7 nitrogen and oxygen atoms in total. The number of halogens is 1. The number of carbonyl (C=O) groups excluding carboxylic acids is 1. The van der Waals surface area contributed by atoms with E-state index in [0.29, 0.717) is 17.3 Å². The SMILES string of the molecule is CCNc1cc(Nc2ccc(NC(=O)c3ccncc3F)cc2)nc(C)n1. The van der Waals surface area contributed by atoms with Gasteiger partial charge >= 0.3 is 0 Å². The van der Waals surface area contributed by atoms with Gasteiger partial charge in [0.05, 0.1) is 11.8 Å². The molecule has 27 heavy (non-hydrogen) atoms. The minimum Gasteiger partial charge on any atom is -0.370 e.